The Balaban J connectivity index is 0.00000400. The number of rotatable bonds is 6. The quantitative estimate of drug-likeness (QED) is 0.821. The molecule has 1 rings (SSSR count). The van der Waals surface area contributed by atoms with E-state index in [1.807, 2.05) is 19.9 Å². The van der Waals surface area contributed by atoms with Gasteiger partial charge in [0, 0.05) is 12.6 Å². The first-order valence-corrected chi connectivity index (χ1v) is 8.08. The maximum absolute atomic E-state index is 12.2. The minimum atomic E-state index is -3.71. The molecule has 0 aliphatic rings. The van der Waals surface area contributed by atoms with Crippen molar-refractivity contribution >= 4 is 34.0 Å². The van der Waals surface area contributed by atoms with Gasteiger partial charge in [0.2, 0.25) is 10.0 Å². The molecule has 0 fully saturated rings. The van der Waals surface area contributed by atoms with E-state index in [2.05, 4.69) is 4.72 Å². The fourth-order valence-electron chi connectivity index (χ4n) is 1.81. The predicted octanol–water partition coefficient (Wildman–Crippen LogP) is 2.29. The van der Waals surface area contributed by atoms with Gasteiger partial charge in [0.1, 0.15) is 6.07 Å². The van der Waals surface area contributed by atoms with E-state index in [4.69, 9.17) is 22.6 Å². The van der Waals surface area contributed by atoms with Gasteiger partial charge >= 0.3 is 0 Å². The molecule has 0 amide bonds. The molecule has 0 aliphatic carbocycles. The Labute approximate surface area is 136 Å². The van der Waals surface area contributed by atoms with E-state index in [0.29, 0.717) is 12.3 Å². The van der Waals surface area contributed by atoms with Crippen molar-refractivity contribution in [1.29, 1.82) is 5.26 Å². The van der Waals surface area contributed by atoms with Crippen LogP contribution in [0.3, 0.4) is 0 Å². The van der Waals surface area contributed by atoms with E-state index < -0.39 is 10.0 Å². The van der Waals surface area contributed by atoms with Crippen molar-refractivity contribution in [3.63, 3.8) is 0 Å². The van der Waals surface area contributed by atoms with Gasteiger partial charge in [-0.3, -0.25) is 0 Å². The Morgan fingerprint density at radius 3 is 2.52 bits per heavy atom. The SMILES string of the molecule is CC(C)CC(CN)NS(=O)(=O)c1ccc(Cl)c(C#N)c1.Cl. The van der Waals surface area contributed by atoms with Crippen LogP contribution >= 0.6 is 24.0 Å². The Hall–Kier alpha value is -0.840. The minimum Gasteiger partial charge on any atom is -0.329 e. The first kappa shape index (κ1) is 20.2. The van der Waals surface area contributed by atoms with Gasteiger partial charge < -0.3 is 5.73 Å². The molecule has 0 aliphatic heterocycles. The highest BCUT2D eigenvalue weighted by Crippen LogP contribution is 2.20. The summed E-state index contributed by atoms with van der Waals surface area (Å²) in [5.74, 6) is 0.325. The van der Waals surface area contributed by atoms with Crippen LogP contribution < -0.4 is 10.5 Å². The molecule has 0 saturated heterocycles. The highest BCUT2D eigenvalue weighted by molar-refractivity contribution is 7.89. The van der Waals surface area contributed by atoms with Gasteiger partial charge in [-0.05, 0) is 30.5 Å². The van der Waals surface area contributed by atoms with E-state index in [1.54, 1.807) is 0 Å². The third-order valence-electron chi connectivity index (χ3n) is 2.73. The average molecular weight is 352 g/mol. The lowest BCUT2D eigenvalue weighted by Crippen LogP contribution is -2.40. The predicted molar refractivity (Wildman–Crippen MR) is 86.0 cm³/mol. The largest absolute Gasteiger partial charge is 0.329 e. The normalized spacial score (nSPS) is 12.6. The maximum atomic E-state index is 12.2. The summed E-state index contributed by atoms with van der Waals surface area (Å²) in [6.07, 6.45) is 0.647. The van der Waals surface area contributed by atoms with Gasteiger partial charge in [-0.25, -0.2) is 13.1 Å². The molecule has 3 N–H and O–H groups in total. The van der Waals surface area contributed by atoms with Crippen molar-refractivity contribution in [2.75, 3.05) is 6.54 Å². The van der Waals surface area contributed by atoms with Crippen LogP contribution in [0.15, 0.2) is 23.1 Å². The molecule has 0 saturated carbocycles. The molecule has 8 heteroatoms. The molecule has 118 valence electrons. The molecular formula is C13H19Cl2N3O2S. The molecule has 0 aromatic heterocycles. The molecule has 5 nitrogen and oxygen atoms in total. The van der Waals surface area contributed by atoms with E-state index in [1.165, 1.54) is 18.2 Å². The molecule has 0 bridgehead atoms. The number of nitriles is 1. The Morgan fingerprint density at radius 1 is 1.43 bits per heavy atom. The van der Waals surface area contributed by atoms with Gasteiger partial charge in [0.25, 0.3) is 0 Å². The summed E-state index contributed by atoms with van der Waals surface area (Å²) in [5.41, 5.74) is 5.71. The van der Waals surface area contributed by atoms with Crippen molar-refractivity contribution in [3.05, 3.63) is 28.8 Å². The monoisotopic (exact) mass is 351 g/mol. The van der Waals surface area contributed by atoms with Crippen LogP contribution in [0.5, 0.6) is 0 Å². The van der Waals surface area contributed by atoms with Gasteiger partial charge in [-0.1, -0.05) is 25.4 Å². The minimum absolute atomic E-state index is 0. The van der Waals surface area contributed by atoms with Crippen molar-refractivity contribution in [2.45, 2.75) is 31.2 Å². The summed E-state index contributed by atoms with van der Waals surface area (Å²) < 4.78 is 27.0. The smallest absolute Gasteiger partial charge is 0.240 e. The van der Waals surface area contributed by atoms with Crippen LogP contribution in [0.25, 0.3) is 0 Å². The topological polar surface area (TPSA) is 96.0 Å². The lowest BCUT2D eigenvalue weighted by molar-refractivity contribution is 0.465. The van der Waals surface area contributed by atoms with E-state index in [0.717, 1.165) is 0 Å². The number of hydrogen-bond donors (Lipinski definition) is 2. The highest BCUT2D eigenvalue weighted by Gasteiger charge is 2.20. The highest BCUT2D eigenvalue weighted by atomic mass is 35.5. The molecule has 0 spiro atoms. The van der Waals surface area contributed by atoms with E-state index in [9.17, 15) is 8.42 Å². The van der Waals surface area contributed by atoms with Crippen LogP contribution in [-0.4, -0.2) is 21.0 Å². The summed E-state index contributed by atoms with van der Waals surface area (Å²) in [5, 5.41) is 9.11. The molecule has 0 heterocycles. The third kappa shape index (κ3) is 5.81. The Morgan fingerprint density at radius 2 is 2.05 bits per heavy atom. The van der Waals surface area contributed by atoms with Gasteiger partial charge in [-0.15, -0.1) is 12.4 Å². The summed E-state index contributed by atoms with van der Waals surface area (Å²) in [4.78, 5) is 0.0145. The van der Waals surface area contributed by atoms with Crippen molar-refractivity contribution in [2.24, 2.45) is 11.7 Å². The fraction of sp³-hybridized carbons (Fsp3) is 0.462. The summed E-state index contributed by atoms with van der Waals surface area (Å²) in [6, 6.07) is 5.55. The molecule has 1 aromatic carbocycles. The lowest BCUT2D eigenvalue weighted by atomic mass is 10.1. The van der Waals surface area contributed by atoms with Crippen LogP contribution in [0, 0.1) is 17.2 Å². The van der Waals surface area contributed by atoms with E-state index >= 15 is 0 Å². The molecule has 0 radical (unpaired) electrons. The van der Waals surface area contributed by atoms with E-state index in [-0.39, 0.29) is 40.5 Å². The van der Waals surface area contributed by atoms with Gasteiger partial charge in [0.05, 0.1) is 15.5 Å². The lowest BCUT2D eigenvalue weighted by Gasteiger charge is -2.19. The number of nitrogens with two attached hydrogens (primary N) is 1. The first-order chi connectivity index (χ1) is 9.30. The fourth-order valence-corrected chi connectivity index (χ4v) is 3.25. The molecule has 1 atom stereocenters. The van der Waals surface area contributed by atoms with Crippen molar-refractivity contribution in [3.8, 4) is 6.07 Å². The van der Waals surface area contributed by atoms with Crippen LogP contribution in [0.2, 0.25) is 5.02 Å². The second kappa shape index (κ2) is 8.57. The second-order valence-electron chi connectivity index (χ2n) is 4.94. The van der Waals surface area contributed by atoms with Gasteiger partial charge in [0.15, 0.2) is 0 Å². The molecule has 1 aromatic rings. The zero-order chi connectivity index (χ0) is 15.3. The van der Waals surface area contributed by atoms with Crippen molar-refractivity contribution in [1.82, 2.24) is 4.72 Å². The average Bonchev–Trinajstić information content (AvgIpc) is 2.37. The zero-order valence-corrected chi connectivity index (χ0v) is 14.2. The molecular weight excluding hydrogens is 333 g/mol. The summed E-state index contributed by atoms with van der Waals surface area (Å²) in [7, 11) is -3.71. The Kier molecular flexibility index (Phi) is 8.22. The summed E-state index contributed by atoms with van der Waals surface area (Å²) >= 11 is 5.79. The number of hydrogen-bond acceptors (Lipinski definition) is 4. The summed E-state index contributed by atoms with van der Waals surface area (Å²) in [6.45, 7) is 4.20. The van der Waals surface area contributed by atoms with Crippen LogP contribution in [0.4, 0.5) is 0 Å². The van der Waals surface area contributed by atoms with Crippen LogP contribution in [0.1, 0.15) is 25.8 Å². The second-order valence-corrected chi connectivity index (χ2v) is 7.06. The molecule has 21 heavy (non-hydrogen) atoms. The maximum Gasteiger partial charge on any atom is 0.240 e. The number of benzene rings is 1. The van der Waals surface area contributed by atoms with Crippen molar-refractivity contribution < 1.29 is 8.42 Å². The number of nitrogens with one attached hydrogen (secondary N) is 1. The molecule has 1 unspecified atom stereocenters. The third-order valence-corrected chi connectivity index (χ3v) is 4.58. The number of sulfonamides is 1. The standard InChI is InChI=1S/C13H18ClN3O2S.ClH/c1-9(2)5-11(8-16)17-20(18,19)12-3-4-13(14)10(6-12)7-15;/h3-4,6,9,11,17H,5,8,16H2,1-2H3;1H. The Bertz CT molecular complexity index is 612. The zero-order valence-electron chi connectivity index (χ0n) is 11.8. The number of halogens is 2. The first-order valence-electron chi connectivity index (χ1n) is 6.22. The number of nitrogens with zero attached hydrogens (tertiary/aromatic N) is 1. The van der Waals surface area contributed by atoms with Crippen LogP contribution in [-0.2, 0) is 10.0 Å². The van der Waals surface area contributed by atoms with Gasteiger partial charge in [-0.2, -0.15) is 5.26 Å².